The van der Waals surface area contributed by atoms with Crippen molar-refractivity contribution in [2.75, 3.05) is 5.32 Å². The highest BCUT2D eigenvalue weighted by molar-refractivity contribution is 9.10. The maximum Gasteiger partial charge on any atom is 0.284 e. The number of carbonyl (C=O) groups excluding carboxylic acids is 1. The fourth-order valence-corrected chi connectivity index (χ4v) is 2.20. The summed E-state index contributed by atoms with van der Waals surface area (Å²) in [6.07, 6.45) is 0. The van der Waals surface area contributed by atoms with Crippen LogP contribution in [0.3, 0.4) is 0 Å². The Morgan fingerprint density at radius 2 is 1.90 bits per heavy atom. The second-order valence-electron chi connectivity index (χ2n) is 3.98. The third kappa shape index (κ3) is 3.22. The molecule has 108 valence electrons. The monoisotopic (exact) mass is 356 g/mol. The number of carbonyl (C=O) groups is 1. The molecule has 0 aliphatic rings. The third-order valence-electron chi connectivity index (χ3n) is 2.60. The molecule has 2 rings (SSSR count). The maximum atomic E-state index is 13.1. The van der Waals surface area contributed by atoms with E-state index in [-0.39, 0.29) is 21.4 Å². The molecule has 0 bridgehead atoms. The predicted molar refractivity (Wildman–Crippen MR) is 75.1 cm³/mol. The first-order valence-corrected chi connectivity index (χ1v) is 6.38. The van der Waals surface area contributed by atoms with E-state index in [1.807, 2.05) is 0 Å². The minimum absolute atomic E-state index is 0.00827. The highest BCUT2D eigenvalue weighted by Gasteiger charge is 2.19. The standard InChI is InChI=1S/C13H7BrF2N2O3/c14-12-8(2-1-3-11(12)18(20)21)13(19)17-7-4-5-9(15)10(16)6-7/h1-6H,(H,17,19). The van der Waals surface area contributed by atoms with Crippen LogP contribution in [0.5, 0.6) is 0 Å². The highest BCUT2D eigenvalue weighted by Crippen LogP contribution is 2.28. The molecule has 0 aliphatic carbocycles. The number of hydrogen-bond acceptors (Lipinski definition) is 3. The molecule has 0 spiro atoms. The number of nitro benzene ring substituents is 1. The van der Waals surface area contributed by atoms with Crippen molar-refractivity contribution >= 4 is 33.2 Å². The summed E-state index contributed by atoms with van der Waals surface area (Å²) in [4.78, 5) is 22.2. The molecular weight excluding hydrogens is 350 g/mol. The van der Waals surface area contributed by atoms with Gasteiger partial charge in [-0.3, -0.25) is 14.9 Å². The van der Waals surface area contributed by atoms with Gasteiger partial charge >= 0.3 is 0 Å². The average molecular weight is 357 g/mol. The molecule has 1 amide bonds. The van der Waals surface area contributed by atoms with Crippen LogP contribution in [0.15, 0.2) is 40.9 Å². The van der Waals surface area contributed by atoms with E-state index in [9.17, 15) is 23.7 Å². The Kier molecular flexibility index (Phi) is 4.27. The Labute approximate surface area is 125 Å². The van der Waals surface area contributed by atoms with Gasteiger partial charge < -0.3 is 5.32 Å². The van der Waals surface area contributed by atoms with Crippen LogP contribution in [0.1, 0.15) is 10.4 Å². The van der Waals surface area contributed by atoms with Crippen molar-refractivity contribution in [3.05, 3.63) is 68.2 Å². The maximum absolute atomic E-state index is 13.1. The number of halogens is 3. The lowest BCUT2D eigenvalue weighted by Crippen LogP contribution is -2.13. The first-order chi connectivity index (χ1) is 9.90. The van der Waals surface area contributed by atoms with Crippen LogP contribution in [0.25, 0.3) is 0 Å². The molecule has 0 radical (unpaired) electrons. The summed E-state index contributed by atoms with van der Waals surface area (Å²) in [6, 6.07) is 6.82. The molecule has 0 fully saturated rings. The number of anilines is 1. The Balaban J connectivity index is 2.30. The van der Waals surface area contributed by atoms with Crippen molar-refractivity contribution < 1.29 is 18.5 Å². The van der Waals surface area contributed by atoms with E-state index in [0.717, 1.165) is 12.1 Å². The quantitative estimate of drug-likeness (QED) is 0.669. The van der Waals surface area contributed by atoms with Gasteiger partial charge in [0.1, 0.15) is 4.47 Å². The van der Waals surface area contributed by atoms with Crippen LogP contribution >= 0.6 is 15.9 Å². The smallest absolute Gasteiger partial charge is 0.284 e. The zero-order chi connectivity index (χ0) is 15.6. The second-order valence-corrected chi connectivity index (χ2v) is 4.77. The summed E-state index contributed by atoms with van der Waals surface area (Å²) in [5.41, 5.74) is -0.223. The van der Waals surface area contributed by atoms with Crippen molar-refractivity contribution in [3.8, 4) is 0 Å². The van der Waals surface area contributed by atoms with Gasteiger partial charge in [-0.15, -0.1) is 0 Å². The minimum atomic E-state index is -1.11. The van der Waals surface area contributed by atoms with Gasteiger partial charge in [-0.05, 0) is 34.1 Å². The Morgan fingerprint density at radius 1 is 1.19 bits per heavy atom. The van der Waals surface area contributed by atoms with Gasteiger partial charge in [0.25, 0.3) is 11.6 Å². The molecule has 2 aromatic rings. The lowest BCUT2D eigenvalue weighted by Gasteiger charge is -2.07. The molecular formula is C13H7BrF2N2O3. The number of hydrogen-bond donors (Lipinski definition) is 1. The van der Waals surface area contributed by atoms with E-state index in [2.05, 4.69) is 21.2 Å². The average Bonchev–Trinajstić information content (AvgIpc) is 2.42. The molecule has 0 unspecified atom stereocenters. The van der Waals surface area contributed by atoms with Crippen molar-refractivity contribution in [3.63, 3.8) is 0 Å². The van der Waals surface area contributed by atoms with E-state index >= 15 is 0 Å². The molecule has 2 aromatic carbocycles. The van der Waals surface area contributed by atoms with Crippen molar-refractivity contribution in [2.45, 2.75) is 0 Å². The molecule has 0 saturated carbocycles. The van der Waals surface area contributed by atoms with Crippen molar-refractivity contribution in [1.82, 2.24) is 0 Å². The van der Waals surface area contributed by atoms with Gasteiger partial charge in [0.05, 0.1) is 10.5 Å². The van der Waals surface area contributed by atoms with Gasteiger partial charge in [0, 0.05) is 17.8 Å². The number of rotatable bonds is 3. The van der Waals surface area contributed by atoms with Gasteiger partial charge in [0.15, 0.2) is 11.6 Å². The molecule has 0 heterocycles. The van der Waals surface area contributed by atoms with Crippen molar-refractivity contribution in [1.29, 1.82) is 0 Å². The van der Waals surface area contributed by atoms with E-state index in [1.54, 1.807) is 0 Å². The minimum Gasteiger partial charge on any atom is -0.322 e. The van der Waals surface area contributed by atoms with E-state index in [4.69, 9.17) is 0 Å². The molecule has 21 heavy (non-hydrogen) atoms. The number of nitro groups is 1. The Hall–Kier alpha value is -2.35. The topological polar surface area (TPSA) is 72.2 Å². The van der Waals surface area contributed by atoms with Gasteiger partial charge in [0.2, 0.25) is 0 Å². The van der Waals surface area contributed by atoms with Gasteiger partial charge in [-0.1, -0.05) is 6.07 Å². The number of nitrogens with zero attached hydrogens (tertiary/aromatic N) is 1. The summed E-state index contributed by atoms with van der Waals surface area (Å²) >= 11 is 2.99. The van der Waals surface area contributed by atoms with Crippen LogP contribution < -0.4 is 5.32 Å². The third-order valence-corrected chi connectivity index (χ3v) is 3.43. The van der Waals surface area contributed by atoms with E-state index < -0.39 is 22.5 Å². The summed E-state index contributed by atoms with van der Waals surface area (Å²) in [7, 11) is 0. The zero-order valence-corrected chi connectivity index (χ0v) is 11.9. The van der Waals surface area contributed by atoms with Crippen LogP contribution in [-0.4, -0.2) is 10.8 Å². The zero-order valence-electron chi connectivity index (χ0n) is 10.3. The van der Waals surface area contributed by atoms with Crippen LogP contribution in [0.4, 0.5) is 20.2 Å². The fraction of sp³-hybridized carbons (Fsp3) is 0. The predicted octanol–water partition coefficient (Wildman–Crippen LogP) is 3.89. The Bertz CT molecular complexity index is 737. The van der Waals surface area contributed by atoms with Crippen LogP contribution in [0.2, 0.25) is 0 Å². The molecule has 0 aromatic heterocycles. The van der Waals surface area contributed by atoms with Crippen LogP contribution in [-0.2, 0) is 0 Å². The molecule has 1 N–H and O–H groups in total. The van der Waals surface area contributed by atoms with Crippen molar-refractivity contribution in [2.24, 2.45) is 0 Å². The SMILES string of the molecule is O=C(Nc1ccc(F)c(F)c1)c1cccc([N+](=O)[O-])c1Br. The number of amides is 1. The summed E-state index contributed by atoms with van der Waals surface area (Å²) < 4.78 is 25.9. The molecule has 0 aliphatic heterocycles. The molecule has 8 heteroatoms. The molecule has 5 nitrogen and oxygen atoms in total. The first-order valence-electron chi connectivity index (χ1n) is 5.59. The van der Waals surface area contributed by atoms with E-state index in [1.165, 1.54) is 24.3 Å². The summed E-state index contributed by atoms with van der Waals surface area (Å²) in [5, 5.41) is 13.1. The van der Waals surface area contributed by atoms with E-state index in [0.29, 0.717) is 0 Å². The van der Waals surface area contributed by atoms with Gasteiger partial charge in [-0.2, -0.15) is 0 Å². The normalized spacial score (nSPS) is 10.2. The highest BCUT2D eigenvalue weighted by atomic mass is 79.9. The Morgan fingerprint density at radius 3 is 2.52 bits per heavy atom. The van der Waals surface area contributed by atoms with Gasteiger partial charge in [-0.25, -0.2) is 8.78 Å². The number of nitrogens with one attached hydrogen (secondary N) is 1. The number of benzene rings is 2. The first kappa shape index (κ1) is 15.0. The summed E-state index contributed by atoms with van der Waals surface area (Å²) in [6.45, 7) is 0. The lowest BCUT2D eigenvalue weighted by atomic mass is 10.2. The molecule has 0 atom stereocenters. The molecule has 0 saturated heterocycles. The second kappa shape index (κ2) is 5.96. The fourth-order valence-electron chi connectivity index (χ4n) is 1.61. The largest absolute Gasteiger partial charge is 0.322 e. The van der Waals surface area contributed by atoms with Crippen LogP contribution in [0, 0.1) is 21.7 Å². The lowest BCUT2D eigenvalue weighted by molar-refractivity contribution is -0.385. The summed E-state index contributed by atoms with van der Waals surface area (Å²) in [5.74, 6) is -2.83.